The fraction of sp³-hybridized carbons (Fsp3) is 0.400. The van der Waals surface area contributed by atoms with Crippen molar-refractivity contribution in [3.8, 4) is 0 Å². The van der Waals surface area contributed by atoms with Gasteiger partial charge in [-0.05, 0) is 42.4 Å². The Hall–Kier alpha value is -1.57. The van der Waals surface area contributed by atoms with Crippen molar-refractivity contribution in [3.63, 3.8) is 0 Å². The van der Waals surface area contributed by atoms with E-state index in [1.807, 2.05) is 6.20 Å². The number of benzene rings is 1. The zero-order valence-electron chi connectivity index (χ0n) is 10.2. The van der Waals surface area contributed by atoms with E-state index >= 15 is 0 Å². The van der Waals surface area contributed by atoms with Gasteiger partial charge < -0.3 is 4.98 Å². The predicted molar refractivity (Wildman–Crippen MR) is 69.2 cm³/mol. The van der Waals surface area contributed by atoms with Crippen molar-refractivity contribution in [3.05, 3.63) is 53.1 Å². The van der Waals surface area contributed by atoms with Gasteiger partial charge in [-0.1, -0.05) is 25.1 Å². The van der Waals surface area contributed by atoms with Crippen LogP contribution in [0.1, 0.15) is 48.1 Å². The highest BCUT2D eigenvalue weighted by Gasteiger charge is 2.18. The summed E-state index contributed by atoms with van der Waals surface area (Å²) >= 11 is 0. The van der Waals surface area contributed by atoms with Gasteiger partial charge in [0.25, 0.3) is 0 Å². The van der Waals surface area contributed by atoms with Crippen LogP contribution in [0.25, 0.3) is 0 Å². The molecule has 1 aromatic heterocycles. The Labute approximate surface area is 102 Å². The maximum absolute atomic E-state index is 4.39. The number of imidazole rings is 1. The van der Waals surface area contributed by atoms with Gasteiger partial charge in [0.2, 0.25) is 0 Å². The predicted octanol–water partition coefficient (Wildman–Crippen LogP) is 3.44. The largest absolute Gasteiger partial charge is 0.351 e. The van der Waals surface area contributed by atoms with Crippen LogP contribution in [-0.4, -0.2) is 9.97 Å². The molecular formula is C15H18N2. The summed E-state index contributed by atoms with van der Waals surface area (Å²) in [6.07, 6.45) is 8.93. The lowest BCUT2D eigenvalue weighted by molar-refractivity contribution is 0.672. The summed E-state index contributed by atoms with van der Waals surface area (Å²) in [5.74, 6) is 0.397. The van der Waals surface area contributed by atoms with Crippen LogP contribution in [0.5, 0.6) is 0 Å². The van der Waals surface area contributed by atoms with E-state index in [4.69, 9.17) is 0 Å². The molecule has 1 aliphatic carbocycles. The highest BCUT2D eigenvalue weighted by atomic mass is 14.9. The third kappa shape index (κ3) is 1.88. The number of nitrogens with one attached hydrogen (secondary N) is 1. The first kappa shape index (κ1) is 10.6. The molecule has 0 aliphatic heterocycles. The summed E-state index contributed by atoms with van der Waals surface area (Å²) in [7, 11) is 0. The Kier molecular flexibility index (Phi) is 2.71. The van der Waals surface area contributed by atoms with Crippen molar-refractivity contribution >= 4 is 0 Å². The average molecular weight is 226 g/mol. The van der Waals surface area contributed by atoms with E-state index in [1.54, 1.807) is 17.5 Å². The molecule has 1 atom stereocenters. The molecular weight excluding hydrogens is 208 g/mol. The van der Waals surface area contributed by atoms with Crippen molar-refractivity contribution in [1.29, 1.82) is 0 Å². The zero-order valence-corrected chi connectivity index (χ0v) is 10.2. The van der Waals surface area contributed by atoms with E-state index in [0.29, 0.717) is 5.92 Å². The molecule has 0 bridgehead atoms. The van der Waals surface area contributed by atoms with E-state index in [-0.39, 0.29) is 0 Å². The number of hydrogen-bond acceptors (Lipinski definition) is 1. The van der Waals surface area contributed by atoms with Gasteiger partial charge in [-0.15, -0.1) is 0 Å². The van der Waals surface area contributed by atoms with Crippen LogP contribution in [0.2, 0.25) is 0 Å². The molecule has 1 unspecified atom stereocenters. The maximum Gasteiger partial charge on any atom is 0.0923 e. The lowest BCUT2D eigenvalue weighted by atomic mass is 9.83. The normalized spacial score (nSPS) is 16.5. The van der Waals surface area contributed by atoms with Crippen molar-refractivity contribution in [1.82, 2.24) is 9.97 Å². The van der Waals surface area contributed by atoms with Gasteiger partial charge in [-0.25, -0.2) is 4.98 Å². The Morgan fingerprint density at radius 1 is 1.24 bits per heavy atom. The fourth-order valence-corrected chi connectivity index (χ4v) is 2.88. The molecule has 0 spiro atoms. The van der Waals surface area contributed by atoms with Gasteiger partial charge in [0, 0.05) is 12.1 Å². The Morgan fingerprint density at radius 3 is 2.94 bits per heavy atom. The van der Waals surface area contributed by atoms with Crippen molar-refractivity contribution in [2.75, 3.05) is 0 Å². The van der Waals surface area contributed by atoms with E-state index < -0.39 is 0 Å². The topological polar surface area (TPSA) is 28.7 Å². The first-order valence-electron chi connectivity index (χ1n) is 6.45. The molecule has 2 nitrogen and oxygen atoms in total. The smallest absolute Gasteiger partial charge is 0.0923 e. The number of hydrogen-bond donors (Lipinski definition) is 1. The molecule has 2 heteroatoms. The second-order valence-corrected chi connectivity index (χ2v) is 4.91. The molecule has 0 radical (unpaired) electrons. The molecule has 1 aliphatic rings. The van der Waals surface area contributed by atoms with Crippen molar-refractivity contribution < 1.29 is 0 Å². The SMILES string of the molecule is CC(c1c[nH]cn1)c1cccc2c1CCCC2. The van der Waals surface area contributed by atoms with Gasteiger partial charge in [0.15, 0.2) is 0 Å². The monoisotopic (exact) mass is 226 g/mol. The standard InChI is InChI=1S/C15H18N2/c1-11(15-9-16-10-17-15)13-8-4-6-12-5-2-3-7-14(12)13/h4,6,8-11H,2-3,5,7H2,1H3,(H,16,17). The fourth-order valence-electron chi connectivity index (χ4n) is 2.88. The summed E-state index contributed by atoms with van der Waals surface area (Å²) in [4.78, 5) is 7.44. The maximum atomic E-state index is 4.39. The molecule has 0 saturated heterocycles. The Morgan fingerprint density at radius 2 is 2.12 bits per heavy atom. The molecule has 3 rings (SSSR count). The zero-order chi connectivity index (χ0) is 11.7. The lowest BCUT2D eigenvalue weighted by Gasteiger charge is -2.22. The molecule has 0 saturated carbocycles. The van der Waals surface area contributed by atoms with Crippen LogP contribution in [0.3, 0.4) is 0 Å². The van der Waals surface area contributed by atoms with Crippen LogP contribution >= 0.6 is 0 Å². The quantitative estimate of drug-likeness (QED) is 0.835. The molecule has 2 aromatic rings. The Balaban J connectivity index is 2.03. The number of H-pyrrole nitrogens is 1. The van der Waals surface area contributed by atoms with Gasteiger partial charge >= 0.3 is 0 Å². The van der Waals surface area contributed by atoms with E-state index in [0.717, 1.165) is 5.69 Å². The number of fused-ring (bicyclic) bond motifs is 1. The van der Waals surface area contributed by atoms with Gasteiger partial charge in [0.05, 0.1) is 12.0 Å². The van der Waals surface area contributed by atoms with Crippen molar-refractivity contribution in [2.24, 2.45) is 0 Å². The van der Waals surface area contributed by atoms with Gasteiger partial charge in [-0.2, -0.15) is 0 Å². The highest BCUT2D eigenvalue weighted by Crippen LogP contribution is 2.31. The van der Waals surface area contributed by atoms with E-state index in [9.17, 15) is 0 Å². The number of aromatic nitrogens is 2. The average Bonchev–Trinajstić information content (AvgIpc) is 2.91. The lowest BCUT2D eigenvalue weighted by Crippen LogP contribution is -2.09. The summed E-state index contributed by atoms with van der Waals surface area (Å²) in [6, 6.07) is 6.75. The van der Waals surface area contributed by atoms with Crippen LogP contribution in [0.4, 0.5) is 0 Å². The second-order valence-electron chi connectivity index (χ2n) is 4.91. The molecule has 1 aromatic carbocycles. The first-order chi connectivity index (χ1) is 8.36. The summed E-state index contributed by atoms with van der Waals surface area (Å²) in [6.45, 7) is 2.25. The highest BCUT2D eigenvalue weighted by molar-refractivity contribution is 5.41. The minimum atomic E-state index is 0.397. The second kappa shape index (κ2) is 4.36. The van der Waals surface area contributed by atoms with Crippen LogP contribution < -0.4 is 0 Å². The van der Waals surface area contributed by atoms with Crippen LogP contribution in [0, 0.1) is 0 Å². The summed E-state index contributed by atoms with van der Waals surface area (Å²) < 4.78 is 0. The summed E-state index contributed by atoms with van der Waals surface area (Å²) in [5.41, 5.74) is 5.74. The van der Waals surface area contributed by atoms with Gasteiger partial charge in [0.1, 0.15) is 0 Å². The number of aryl methyl sites for hydroxylation is 1. The molecule has 88 valence electrons. The third-order valence-electron chi connectivity index (χ3n) is 3.86. The van der Waals surface area contributed by atoms with Crippen molar-refractivity contribution in [2.45, 2.75) is 38.5 Å². The first-order valence-corrected chi connectivity index (χ1v) is 6.45. The molecule has 17 heavy (non-hydrogen) atoms. The van der Waals surface area contributed by atoms with Crippen LogP contribution in [0.15, 0.2) is 30.7 Å². The third-order valence-corrected chi connectivity index (χ3v) is 3.86. The molecule has 0 fully saturated rings. The minimum Gasteiger partial charge on any atom is -0.351 e. The summed E-state index contributed by atoms with van der Waals surface area (Å²) in [5, 5.41) is 0. The van der Waals surface area contributed by atoms with Crippen LogP contribution in [-0.2, 0) is 12.8 Å². The molecule has 1 heterocycles. The Bertz CT molecular complexity index is 500. The van der Waals surface area contributed by atoms with Gasteiger partial charge in [-0.3, -0.25) is 0 Å². The molecule has 1 N–H and O–H groups in total. The minimum absolute atomic E-state index is 0.397. The number of aromatic amines is 1. The molecule has 0 amide bonds. The number of rotatable bonds is 2. The van der Waals surface area contributed by atoms with E-state index in [1.165, 1.54) is 31.2 Å². The van der Waals surface area contributed by atoms with E-state index in [2.05, 4.69) is 35.1 Å². The number of nitrogens with zero attached hydrogens (tertiary/aromatic N) is 1.